The van der Waals surface area contributed by atoms with E-state index >= 15 is 0 Å². The lowest BCUT2D eigenvalue weighted by atomic mass is 10.3. The molecule has 2 aromatic heterocycles. The summed E-state index contributed by atoms with van der Waals surface area (Å²) in [5, 5.41) is 2.77. The van der Waals surface area contributed by atoms with Crippen LogP contribution in [0.1, 0.15) is 27.2 Å². The molecule has 178 valence electrons. The molecular weight excluding hydrogens is 447 g/mol. The van der Waals surface area contributed by atoms with E-state index in [-0.39, 0.29) is 12.5 Å². The quantitative estimate of drug-likeness (QED) is 0.227. The molecule has 2 atom stereocenters. The molecule has 1 aromatic carbocycles. The minimum Gasteiger partial charge on any atom is -0.462 e. The first-order chi connectivity index (χ1) is 15.8. The fourth-order valence-corrected chi connectivity index (χ4v) is 4.71. The summed E-state index contributed by atoms with van der Waals surface area (Å²) in [6.45, 7) is 5.94. The van der Waals surface area contributed by atoms with Crippen molar-refractivity contribution >= 4 is 30.5 Å². The van der Waals surface area contributed by atoms with Crippen molar-refractivity contribution in [3.05, 3.63) is 43.0 Å². The molecule has 2 heterocycles. The zero-order valence-corrected chi connectivity index (χ0v) is 19.8. The number of anilines is 1. The van der Waals surface area contributed by atoms with E-state index < -0.39 is 19.5 Å². The van der Waals surface area contributed by atoms with Crippen molar-refractivity contribution in [3.8, 4) is 5.75 Å². The third kappa shape index (κ3) is 6.98. The third-order valence-corrected chi connectivity index (χ3v) is 6.28. The summed E-state index contributed by atoms with van der Waals surface area (Å²) in [7, 11) is -3.57. The first-order valence-corrected chi connectivity index (χ1v) is 12.4. The number of benzene rings is 1. The standard InChI is InChI=1S/C21H29N6O5P/c1-15(2)31-21(28)16(3)26-33(29,32-17-8-5-4-6-9-17)14-30-11-7-10-27-13-25-18-19(22)23-12-24-20(18)27/h4-6,8-9,12-13,15-16H,7,10-11,14H2,1-3H3,(H,26,29)(H2,22,23,24)/t16-,33+/m0/s1. The van der Waals surface area contributed by atoms with Gasteiger partial charge in [0.15, 0.2) is 11.5 Å². The average molecular weight is 476 g/mol. The van der Waals surface area contributed by atoms with Crippen LogP contribution >= 0.6 is 7.52 Å². The van der Waals surface area contributed by atoms with E-state index in [0.29, 0.717) is 42.3 Å². The van der Waals surface area contributed by atoms with Crippen LogP contribution in [-0.4, -0.2) is 50.6 Å². The van der Waals surface area contributed by atoms with Crippen LogP contribution in [-0.2, 0) is 25.4 Å². The minimum absolute atomic E-state index is 0.221. The predicted molar refractivity (Wildman–Crippen MR) is 124 cm³/mol. The summed E-state index contributed by atoms with van der Waals surface area (Å²) in [5.74, 6) is 0.212. The number of para-hydroxylation sites is 1. The van der Waals surface area contributed by atoms with Crippen LogP contribution < -0.4 is 15.3 Å². The topological polar surface area (TPSA) is 143 Å². The van der Waals surface area contributed by atoms with E-state index in [4.69, 9.17) is 19.7 Å². The number of ether oxygens (including phenoxy) is 2. The fourth-order valence-electron chi connectivity index (χ4n) is 3.01. The maximum atomic E-state index is 13.5. The Kier molecular flexibility index (Phi) is 8.37. The SMILES string of the molecule is CC(C)OC(=O)[C@H](C)N[P@@](=O)(COCCCn1cnc2c(N)ncnc21)Oc1ccccc1. The lowest BCUT2D eigenvalue weighted by Crippen LogP contribution is -2.36. The summed E-state index contributed by atoms with van der Waals surface area (Å²) in [5.41, 5.74) is 6.99. The summed E-state index contributed by atoms with van der Waals surface area (Å²) in [4.78, 5) is 24.6. The third-order valence-electron chi connectivity index (χ3n) is 4.47. The summed E-state index contributed by atoms with van der Waals surface area (Å²) < 4.78 is 31.9. The lowest BCUT2D eigenvalue weighted by molar-refractivity contribution is -0.149. The van der Waals surface area contributed by atoms with Gasteiger partial charge in [0, 0.05) is 13.2 Å². The van der Waals surface area contributed by atoms with Crippen LogP contribution in [0.25, 0.3) is 11.2 Å². The molecule has 0 bridgehead atoms. The maximum Gasteiger partial charge on any atom is 0.342 e. The highest BCUT2D eigenvalue weighted by Crippen LogP contribution is 2.43. The van der Waals surface area contributed by atoms with E-state index in [2.05, 4.69) is 20.0 Å². The second-order valence-corrected chi connectivity index (χ2v) is 9.72. The van der Waals surface area contributed by atoms with Crippen LogP contribution in [0.2, 0.25) is 0 Å². The monoisotopic (exact) mass is 476 g/mol. The molecular formula is C21H29N6O5P. The number of aromatic nitrogens is 4. The molecule has 3 rings (SSSR count). The number of aryl methyl sites for hydroxylation is 1. The zero-order chi connectivity index (χ0) is 23.8. The van der Waals surface area contributed by atoms with E-state index in [0.717, 1.165) is 0 Å². The summed E-state index contributed by atoms with van der Waals surface area (Å²) in [6.07, 6.45) is 3.13. The van der Waals surface area contributed by atoms with Crippen LogP contribution in [0.4, 0.5) is 5.82 Å². The normalized spacial score (nSPS) is 14.2. The van der Waals surface area contributed by atoms with Crippen molar-refractivity contribution in [3.63, 3.8) is 0 Å². The number of nitrogens with two attached hydrogens (primary N) is 1. The van der Waals surface area contributed by atoms with Crippen molar-refractivity contribution in [2.24, 2.45) is 0 Å². The Morgan fingerprint density at radius 2 is 1.94 bits per heavy atom. The highest BCUT2D eigenvalue weighted by atomic mass is 31.2. The Balaban J connectivity index is 1.57. The van der Waals surface area contributed by atoms with Gasteiger partial charge in [-0.1, -0.05) is 18.2 Å². The van der Waals surface area contributed by atoms with Gasteiger partial charge in [-0.05, 0) is 39.3 Å². The van der Waals surface area contributed by atoms with Gasteiger partial charge in [-0.2, -0.15) is 0 Å². The molecule has 11 nitrogen and oxygen atoms in total. The lowest BCUT2D eigenvalue weighted by Gasteiger charge is -2.24. The molecule has 3 aromatic rings. The van der Waals surface area contributed by atoms with Gasteiger partial charge in [0.1, 0.15) is 30.0 Å². The number of nitrogen functional groups attached to an aromatic ring is 1. The highest BCUT2D eigenvalue weighted by molar-refractivity contribution is 7.57. The summed E-state index contributed by atoms with van der Waals surface area (Å²) >= 11 is 0. The molecule has 0 radical (unpaired) electrons. The van der Waals surface area contributed by atoms with Crippen molar-refractivity contribution < 1.29 is 23.4 Å². The van der Waals surface area contributed by atoms with Gasteiger partial charge in [0.2, 0.25) is 0 Å². The Labute approximate surface area is 192 Å². The Bertz CT molecular complexity index is 1110. The van der Waals surface area contributed by atoms with E-state index in [9.17, 15) is 9.36 Å². The largest absolute Gasteiger partial charge is 0.462 e. The Morgan fingerprint density at radius 3 is 2.67 bits per heavy atom. The molecule has 0 aliphatic carbocycles. The number of fused-ring (bicyclic) bond motifs is 1. The first kappa shape index (κ1) is 24.6. The van der Waals surface area contributed by atoms with Crippen LogP contribution in [0.5, 0.6) is 5.75 Å². The molecule has 12 heteroatoms. The van der Waals surface area contributed by atoms with E-state index in [1.807, 2.05) is 10.6 Å². The molecule has 0 saturated carbocycles. The number of hydrogen-bond donors (Lipinski definition) is 2. The minimum atomic E-state index is -3.57. The number of carbonyl (C=O) groups is 1. The van der Waals surface area contributed by atoms with Gasteiger partial charge in [-0.25, -0.2) is 20.0 Å². The molecule has 0 unspecified atom stereocenters. The van der Waals surface area contributed by atoms with Gasteiger partial charge in [-0.3, -0.25) is 9.36 Å². The number of esters is 1. The molecule has 0 saturated heterocycles. The molecule has 33 heavy (non-hydrogen) atoms. The van der Waals surface area contributed by atoms with E-state index in [1.54, 1.807) is 51.4 Å². The Morgan fingerprint density at radius 1 is 1.18 bits per heavy atom. The number of nitrogens with zero attached hydrogens (tertiary/aromatic N) is 4. The molecule has 0 aliphatic heterocycles. The van der Waals surface area contributed by atoms with Crippen molar-refractivity contribution in [1.29, 1.82) is 0 Å². The summed E-state index contributed by atoms with van der Waals surface area (Å²) in [6, 6.07) is 7.88. The number of rotatable bonds is 12. The van der Waals surface area contributed by atoms with Crippen molar-refractivity contribution in [1.82, 2.24) is 24.6 Å². The fraction of sp³-hybridized carbons (Fsp3) is 0.429. The molecule has 3 N–H and O–H groups in total. The van der Waals surface area contributed by atoms with Crippen LogP contribution in [0.3, 0.4) is 0 Å². The number of nitrogens with one attached hydrogen (secondary N) is 1. The number of hydrogen-bond acceptors (Lipinski definition) is 9. The Hall–Kier alpha value is -3.01. The molecule has 0 amide bonds. The highest BCUT2D eigenvalue weighted by Gasteiger charge is 2.31. The second-order valence-electron chi connectivity index (χ2n) is 7.67. The van der Waals surface area contributed by atoms with E-state index in [1.165, 1.54) is 6.33 Å². The number of imidazole rings is 1. The van der Waals surface area contributed by atoms with Gasteiger partial charge >= 0.3 is 13.5 Å². The van der Waals surface area contributed by atoms with Crippen LogP contribution in [0, 0.1) is 0 Å². The second kappa shape index (κ2) is 11.2. The smallest absolute Gasteiger partial charge is 0.342 e. The molecule has 0 spiro atoms. The van der Waals surface area contributed by atoms with Gasteiger partial charge < -0.3 is 24.3 Å². The predicted octanol–water partition coefficient (Wildman–Crippen LogP) is 2.97. The van der Waals surface area contributed by atoms with Gasteiger partial charge in [-0.15, -0.1) is 0 Å². The first-order valence-electron chi connectivity index (χ1n) is 10.6. The number of carbonyl (C=O) groups excluding carboxylic acids is 1. The average Bonchev–Trinajstić information content (AvgIpc) is 3.18. The van der Waals surface area contributed by atoms with Crippen LogP contribution in [0.15, 0.2) is 43.0 Å². The van der Waals surface area contributed by atoms with Gasteiger partial charge in [0.05, 0.1) is 12.4 Å². The van der Waals surface area contributed by atoms with Crippen molar-refractivity contribution in [2.45, 2.75) is 45.9 Å². The maximum absolute atomic E-state index is 13.5. The molecule has 0 fully saturated rings. The van der Waals surface area contributed by atoms with Crippen molar-refractivity contribution in [2.75, 3.05) is 18.7 Å². The molecule has 0 aliphatic rings. The van der Waals surface area contributed by atoms with Gasteiger partial charge in [0.25, 0.3) is 0 Å². The zero-order valence-electron chi connectivity index (χ0n) is 18.9.